The Morgan fingerprint density at radius 1 is 1.05 bits per heavy atom. The average molecular weight is 297 g/mol. The highest BCUT2D eigenvalue weighted by atomic mass is 19.1. The molecule has 5 heteroatoms. The largest absolute Gasteiger partial charge is 0.386 e. The maximum atomic E-state index is 12.9. The molecule has 4 nitrogen and oxygen atoms in total. The highest BCUT2D eigenvalue weighted by Crippen LogP contribution is 2.20. The molecule has 0 aliphatic heterocycles. The molecule has 0 radical (unpaired) electrons. The number of aliphatic hydroxyl groups is 1. The number of nitrogens with one attached hydrogen (secondary N) is 1. The zero-order chi connectivity index (χ0) is 15.5. The summed E-state index contributed by atoms with van der Waals surface area (Å²) in [6.07, 6.45) is 0.866. The Kier molecular flexibility index (Phi) is 3.98. The second kappa shape index (κ2) is 6.07. The maximum absolute atomic E-state index is 12.9. The molecule has 0 amide bonds. The van der Waals surface area contributed by atoms with E-state index in [-0.39, 0.29) is 11.9 Å². The van der Waals surface area contributed by atoms with Gasteiger partial charge in [-0.05, 0) is 36.8 Å². The Bertz CT molecular complexity index is 776. The zero-order valence-electron chi connectivity index (χ0n) is 12.1. The molecule has 3 aromatic rings. The van der Waals surface area contributed by atoms with Crippen molar-refractivity contribution in [3.05, 3.63) is 66.1 Å². The second-order valence-corrected chi connectivity index (χ2v) is 5.17. The smallest absolute Gasteiger partial charge is 0.145 e. The van der Waals surface area contributed by atoms with Crippen molar-refractivity contribution in [1.29, 1.82) is 0 Å². The summed E-state index contributed by atoms with van der Waals surface area (Å²) in [6, 6.07) is 13.1. The molecule has 2 aromatic carbocycles. The van der Waals surface area contributed by atoms with Gasteiger partial charge in [0.1, 0.15) is 11.6 Å². The Morgan fingerprint density at radius 2 is 1.73 bits per heavy atom. The number of nitrogens with zero attached hydrogens (tertiary/aromatic N) is 2. The molecule has 112 valence electrons. The molecule has 1 aromatic heterocycles. The predicted octanol–water partition coefficient (Wildman–Crippen LogP) is 3.30. The lowest BCUT2D eigenvalue weighted by atomic mass is 10.0. The summed E-state index contributed by atoms with van der Waals surface area (Å²) in [4.78, 5) is 8.78. The number of para-hydroxylation sites is 2. The molecule has 22 heavy (non-hydrogen) atoms. The van der Waals surface area contributed by atoms with Crippen LogP contribution in [0.4, 0.5) is 10.2 Å². The van der Waals surface area contributed by atoms with Crippen molar-refractivity contribution >= 4 is 16.9 Å². The van der Waals surface area contributed by atoms with E-state index >= 15 is 0 Å². The van der Waals surface area contributed by atoms with Crippen molar-refractivity contribution in [2.45, 2.75) is 19.1 Å². The molecule has 0 fully saturated rings. The Balaban J connectivity index is 1.77. The van der Waals surface area contributed by atoms with Crippen molar-refractivity contribution < 1.29 is 9.50 Å². The van der Waals surface area contributed by atoms with Crippen LogP contribution in [0.2, 0.25) is 0 Å². The first-order valence-corrected chi connectivity index (χ1v) is 7.05. The Labute approximate surface area is 127 Å². The topological polar surface area (TPSA) is 58.0 Å². The van der Waals surface area contributed by atoms with Crippen molar-refractivity contribution in [3.63, 3.8) is 0 Å². The van der Waals surface area contributed by atoms with Crippen LogP contribution in [0.15, 0.2) is 54.7 Å². The van der Waals surface area contributed by atoms with Gasteiger partial charge in [0, 0.05) is 0 Å². The van der Waals surface area contributed by atoms with Crippen LogP contribution in [0.5, 0.6) is 0 Å². The molecule has 2 unspecified atom stereocenters. The third-order valence-electron chi connectivity index (χ3n) is 3.51. The van der Waals surface area contributed by atoms with Gasteiger partial charge in [-0.25, -0.2) is 9.37 Å². The molecule has 0 saturated heterocycles. The number of benzene rings is 2. The number of rotatable bonds is 4. The van der Waals surface area contributed by atoms with Gasteiger partial charge in [0.25, 0.3) is 0 Å². The summed E-state index contributed by atoms with van der Waals surface area (Å²) in [5, 5.41) is 13.5. The highest BCUT2D eigenvalue weighted by molar-refractivity contribution is 5.75. The van der Waals surface area contributed by atoms with Crippen LogP contribution < -0.4 is 5.32 Å². The summed E-state index contributed by atoms with van der Waals surface area (Å²) in [7, 11) is 0. The van der Waals surface area contributed by atoms with Gasteiger partial charge in [-0.3, -0.25) is 4.98 Å². The van der Waals surface area contributed by atoms with E-state index in [0.717, 1.165) is 11.0 Å². The molecule has 0 aliphatic carbocycles. The van der Waals surface area contributed by atoms with Gasteiger partial charge >= 0.3 is 0 Å². The van der Waals surface area contributed by atoms with E-state index in [2.05, 4.69) is 15.3 Å². The van der Waals surface area contributed by atoms with Crippen LogP contribution in [-0.2, 0) is 0 Å². The fraction of sp³-hybridized carbons (Fsp3) is 0.176. The van der Waals surface area contributed by atoms with Crippen molar-refractivity contribution in [3.8, 4) is 0 Å². The van der Waals surface area contributed by atoms with Crippen LogP contribution in [-0.4, -0.2) is 21.1 Å². The monoisotopic (exact) mass is 297 g/mol. The summed E-state index contributed by atoms with van der Waals surface area (Å²) < 4.78 is 12.9. The molecule has 2 N–H and O–H groups in total. The van der Waals surface area contributed by atoms with Crippen molar-refractivity contribution in [2.24, 2.45) is 0 Å². The first-order chi connectivity index (χ1) is 10.6. The number of aliphatic hydroxyl groups excluding tert-OH is 1. The number of halogens is 1. The number of fused-ring (bicyclic) bond motifs is 1. The summed E-state index contributed by atoms with van der Waals surface area (Å²) >= 11 is 0. The standard InChI is InChI=1S/C17H16FN3O/c1-11(17(22)12-6-8-13(18)9-7-12)20-16-10-19-14-4-2-3-5-15(14)21-16/h2-11,17,22H,1H3,(H,20,21). The van der Waals surface area contributed by atoms with Crippen LogP contribution in [0, 0.1) is 5.82 Å². The van der Waals surface area contributed by atoms with E-state index in [4.69, 9.17) is 0 Å². The summed E-state index contributed by atoms with van der Waals surface area (Å²) in [5.74, 6) is 0.268. The molecule has 0 aliphatic rings. The van der Waals surface area contributed by atoms with Gasteiger partial charge in [-0.2, -0.15) is 0 Å². The van der Waals surface area contributed by atoms with Crippen molar-refractivity contribution in [1.82, 2.24) is 9.97 Å². The number of hydrogen-bond acceptors (Lipinski definition) is 4. The zero-order valence-corrected chi connectivity index (χ0v) is 12.1. The fourth-order valence-corrected chi connectivity index (χ4v) is 2.29. The first-order valence-electron chi connectivity index (χ1n) is 7.05. The molecule has 0 bridgehead atoms. The summed E-state index contributed by atoms with van der Waals surface area (Å²) in [6.45, 7) is 1.84. The third kappa shape index (κ3) is 3.04. The lowest BCUT2D eigenvalue weighted by molar-refractivity contribution is 0.160. The maximum Gasteiger partial charge on any atom is 0.145 e. The minimum Gasteiger partial charge on any atom is -0.386 e. The third-order valence-corrected chi connectivity index (χ3v) is 3.51. The normalized spacial score (nSPS) is 13.8. The lowest BCUT2D eigenvalue weighted by Gasteiger charge is -2.21. The molecule has 3 rings (SSSR count). The van der Waals surface area contributed by atoms with E-state index in [0.29, 0.717) is 11.4 Å². The quantitative estimate of drug-likeness (QED) is 0.775. The van der Waals surface area contributed by atoms with Crippen LogP contribution >= 0.6 is 0 Å². The minimum absolute atomic E-state index is 0.291. The molecule has 2 atom stereocenters. The summed E-state index contributed by atoms with van der Waals surface area (Å²) in [5.41, 5.74) is 2.26. The lowest BCUT2D eigenvalue weighted by Crippen LogP contribution is -2.24. The Morgan fingerprint density at radius 3 is 2.45 bits per heavy atom. The Hall–Kier alpha value is -2.53. The van der Waals surface area contributed by atoms with Gasteiger partial charge in [0.2, 0.25) is 0 Å². The highest BCUT2D eigenvalue weighted by Gasteiger charge is 2.17. The minimum atomic E-state index is -0.770. The SMILES string of the molecule is CC(Nc1cnc2ccccc2n1)C(O)c1ccc(F)cc1. The van der Waals surface area contributed by atoms with Crippen LogP contribution in [0.3, 0.4) is 0 Å². The molecular weight excluding hydrogens is 281 g/mol. The van der Waals surface area contributed by atoms with E-state index in [1.807, 2.05) is 31.2 Å². The number of hydrogen-bond donors (Lipinski definition) is 2. The average Bonchev–Trinajstić information content (AvgIpc) is 2.55. The van der Waals surface area contributed by atoms with Gasteiger partial charge in [-0.1, -0.05) is 24.3 Å². The van der Waals surface area contributed by atoms with E-state index in [1.54, 1.807) is 18.3 Å². The van der Waals surface area contributed by atoms with E-state index in [9.17, 15) is 9.50 Å². The second-order valence-electron chi connectivity index (χ2n) is 5.17. The fourth-order valence-electron chi connectivity index (χ4n) is 2.29. The van der Waals surface area contributed by atoms with Gasteiger partial charge in [0.15, 0.2) is 0 Å². The molecule has 0 spiro atoms. The predicted molar refractivity (Wildman–Crippen MR) is 84.0 cm³/mol. The molecule has 1 heterocycles. The van der Waals surface area contributed by atoms with Crippen LogP contribution in [0.25, 0.3) is 11.0 Å². The van der Waals surface area contributed by atoms with E-state index < -0.39 is 6.10 Å². The number of anilines is 1. The van der Waals surface area contributed by atoms with Gasteiger partial charge in [0.05, 0.1) is 29.4 Å². The number of aromatic nitrogens is 2. The van der Waals surface area contributed by atoms with E-state index in [1.165, 1.54) is 12.1 Å². The molecule has 0 saturated carbocycles. The first kappa shape index (κ1) is 14.4. The van der Waals surface area contributed by atoms with Gasteiger partial charge < -0.3 is 10.4 Å². The van der Waals surface area contributed by atoms with Crippen LogP contribution in [0.1, 0.15) is 18.6 Å². The van der Waals surface area contributed by atoms with Crippen molar-refractivity contribution in [2.75, 3.05) is 5.32 Å². The molecular formula is C17H16FN3O. The van der Waals surface area contributed by atoms with Gasteiger partial charge in [-0.15, -0.1) is 0 Å².